The fourth-order valence-corrected chi connectivity index (χ4v) is 11.9. The Balaban J connectivity index is 0.856. The van der Waals surface area contributed by atoms with Crippen LogP contribution < -0.4 is 19.7 Å². The largest absolute Gasteiger partial charge is 0.455 e. The van der Waals surface area contributed by atoms with Crippen molar-refractivity contribution in [3.05, 3.63) is 111 Å². The van der Waals surface area contributed by atoms with Gasteiger partial charge in [-0.1, -0.05) is 35.8 Å². The number of anilines is 2. The summed E-state index contributed by atoms with van der Waals surface area (Å²) in [4.78, 5) is 44.6. The summed E-state index contributed by atoms with van der Waals surface area (Å²) in [6.07, 6.45) is 12.6. The molecule has 10 rings (SSSR count). The number of ether oxygens (including phenoxy) is 2. The summed E-state index contributed by atoms with van der Waals surface area (Å²) in [5.41, 5.74) is 3.05. The van der Waals surface area contributed by atoms with Gasteiger partial charge in [-0.25, -0.2) is 18.1 Å². The second kappa shape index (κ2) is 17.8. The van der Waals surface area contributed by atoms with E-state index < -0.39 is 42.9 Å². The fraction of sp³-hybridized carbons (Fsp3) is 0.469. The molecule has 5 fully saturated rings. The summed E-state index contributed by atoms with van der Waals surface area (Å²) in [6, 6.07) is 19.0. The first-order valence-corrected chi connectivity index (χ1v) is 24.8. The summed E-state index contributed by atoms with van der Waals surface area (Å²) in [6.45, 7) is 13.8. The van der Waals surface area contributed by atoms with Gasteiger partial charge in [0.25, 0.3) is 27.6 Å². The average Bonchev–Trinajstić information content (AvgIpc) is 4.06. The smallest absolute Gasteiger partial charge is 0.335 e. The molecule has 5 aromatic rings. The number of aromatic nitrogens is 3. The topological polar surface area (TPSA) is 210 Å². The Morgan fingerprint density at radius 1 is 1.04 bits per heavy atom. The molecule has 0 unspecified atom stereocenters. The summed E-state index contributed by atoms with van der Waals surface area (Å²) in [5.74, 6) is -0.805. The number of benzene rings is 2. The number of aliphatic hydroxyl groups is 1. The number of piperidine rings is 1. The van der Waals surface area contributed by atoms with E-state index in [1.165, 1.54) is 36.2 Å². The van der Waals surface area contributed by atoms with E-state index in [0.29, 0.717) is 49.0 Å². The van der Waals surface area contributed by atoms with E-state index in [1.807, 2.05) is 10.8 Å². The van der Waals surface area contributed by atoms with Gasteiger partial charge in [0.2, 0.25) is 0 Å². The number of hydrogen-bond donors (Lipinski definition) is 4. The summed E-state index contributed by atoms with van der Waals surface area (Å²) in [5, 5.41) is 26.3. The normalized spacial score (nSPS) is 23.3. The Morgan fingerprint density at radius 2 is 1.81 bits per heavy atom. The Bertz CT molecular complexity index is 2850. The molecule has 2 saturated heterocycles. The lowest BCUT2D eigenvalue weighted by Crippen LogP contribution is -2.58. The molecule has 1 atom stereocenters. The Morgan fingerprint density at radius 3 is 2.54 bits per heavy atom. The number of aromatic amines is 1. The van der Waals surface area contributed by atoms with Crippen LogP contribution in [0.1, 0.15) is 105 Å². The SMILES string of the molecule is [C-]#[N+]c1nc(NCC2CCC(C)(O)CC2)c([N+](=O)[O-])cc1S(=O)(=O)NC(=O)c1ccc(N2CCC3(CC2)CC(N2CCOC[C@@H]2c2ccccc2C2CC2)C3)cc1Oc1cnc2[nH]ccc2c1. The molecule has 5 aliphatic rings. The second-order valence-electron chi connectivity index (χ2n) is 19.5. The average molecular weight is 930 g/mol. The third-order valence-corrected chi connectivity index (χ3v) is 16.2. The maximum Gasteiger partial charge on any atom is 0.335 e. The summed E-state index contributed by atoms with van der Waals surface area (Å²) in [7, 11) is -4.89. The first-order valence-electron chi connectivity index (χ1n) is 23.3. The molecule has 0 radical (unpaired) electrons. The minimum atomic E-state index is -4.89. The van der Waals surface area contributed by atoms with Crippen molar-refractivity contribution in [3.63, 3.8) is 0 Å². The van der Waals surface area contributed by atoms with Crippen LogP contribution in [-0.4, -0.2) is 95.2 Å². The number of nitro groups is 1. The number of sulfonamides is 1. The van der Waals surface area contributed by atoms with Crippen LogP contribution in [0.2, 0.25) is 0 Å². The first-order chi connectivity index (χ1) is 32.3. The number of carbonyl (C=O) groups excluding carboxylic acids is 1. The molecule has 1 amide bonds. The molecule has 5 heterocycles. The summed E-state index contributed by atoms with van der Waals surface area (Å²) < 4.78 is 42.3. The zero-order chi connectivity index (χ0) is 46.5. The monoisotopic (exact) mass is 929 g/mol. The number of H-pyrrole nitrogens is 1. The van der Waals surface area contributed by atoms with Crippen LogP contribution >= 0.6 is 0 Å². The van der Waals surface area contributed by atoms with Crippen molar-refractivity contribution in [1.82, 2.24) is 24.6 Å². The van der Waals surface area contributed by atoms with E-state index in [2.05, 4.69) is 59.2 Å². The highest BCUT2D eigenvalue weighted by molar-refractivity contribution is 7.90. The molecule has 3 saturated carbocycles. The Kier molecular flexibility index (Phi) is 11.9. The third kappa shape index (κ3) is 9.30. The van der Waals surface area contributed by atoms with Crippen molar-refractivity contribution in [2.75, 3.05) is 49.6 Å². The first kappa shape index (κ1) is 44.7. The quantitative estimate of drug-likeness (QED) is 0.0498. The maximum absolute atomic E-state index is 14.1. The highest BCUT2D eigenvalue weighted by Gasteiger charge is 2.50. The number of nitrogens with zero attached hydrogens (tertiary/aromatic N) is 6. The Hall–Kier alpha value is -6.13. The van der Waals surface area contributed by atoms with Crippen molar-refractivity contribution >= 4 is 50.0 Å². The van der Waals surface area contributed by atoms with Crippen molar-refractivity contribution in [2.24, 2.45) is 11.3 Å². The molecular formula is C49H55N9O8S. The second-order valence-corrected chi connectivity index (χ2v) is 21.1. The van der Waals surface area contributed by atoms with Gasteiger partial charge < -0.3 is 34.6 Å². The number of rotatable bonds is 13. The van der Waals surface area contributed by atoms with Crippen LogP contribution in [0.5, 0.6) is 11.5 Å². The molecule has 1 spiro atoms. The highest BCUT2D eigenvalue weighted by Crippen LogP contribution is 2.54. The van der Waals surface area contributed by atoms with Gasteiger partial charge in [0.15, 0.2) is 0 Å². The number of carbonyl (C=O) groups is 1. The lowest BCUT2D eigenvalue weighted by molar-refractivity contribution is -0.384. The van der Waals surface area contributed by atoms with Crippen LogP contribution in [-0.2, 0) is 14.8 Å². The Labute approximate surface area is 389 Å². The molecule has 3 aromatic heterocycles. The van der Waals surface area contributed by atoms with Gasteiger partial charge in [-0.2, -0.15) is 0 Å². The van der Waals surface area contributed by atoms with E-state index in [0.717, 1.165) is 75.7 Å². The van der Waals surface area contributed by atoms with Crippen LogP contribution in [0, 0.1) is 28.0 Å². The minimum Gasteiger partial charge on any atom is -0.455 e. The highest BCUT2D eigenvalue weighted by atomic mass is 32.2. The standard InChI is InChI=1S/C49H55N9O8S/c1-48(60)14-11-31(12-15-48)28-52-45-40(58(61)62)25-43(46(50-2)54-45)67(63,64)55-47(59)39-10-9-34(24-42(39)66-36-23-33-13-18-51-44(33)53-29-36)56-19-16-49(17-20-56)26-35(27-49)57-21-22-65-30-41(57)38-6-4-3-5-37(38)32-7-8-32/h3-6,9-10,13,18,23-25,29,31-32,35,41,60H,7-8,11-12,14-17,19-22,26-28,30H2,1H3,(H,51,53)(H,52,54)(H,55,59)/t31?,41-,48?/m1/s1. The number of morpholine rings is 1. The number of nitrogens with one attached hydrogen (secondary N) is 3. The molecule has 2 aromatic carbocycles. The molecule has 18 heteroatoms. The molecule has 67 heavy (non-hydrogen) atoms. The van der Waals surface area contributed by atoms with E-state index in [-0.39, 0.29) is 41.1 Å². The van der Waals surface area contributed by atoms with Crippen LogP contribution in [0.3, 0.4) is 0 Å². The van der Waals surface area contributed by atoms with Crippen molar-refractivity contribution in [3.8, 4) is 11.5 Å². The van der Waals surface area contributed by atoms with Gasteiger partial charge in [-0.3, -0.25) is 19.8 Å². The van der Waals surface area contributed by atoms with Crippen molar-refractivity contribution in [1.29, 1.82) is 0 Å². The fourth-order valence-electron chi connectivity index (χ4n) is 10.8. The van der Waals surface area contributed by atoms with Gasteiger partial charge in [-0.15, -0.1) is 0 Å². The molecule has 350 valence electrons. The van der Waals surface area contributed by atoms with E-state index in [9.17, 15) is 28.4 Å². The maximum atomic E-state index is 14.1. The minimum absolute atomic E-state index is 0.0778. The van der Waals surface area contributed by atoms with E-state index in [4.69, 9.17) is 16.0 Å². The molecule has 2 aliphatic heterocycles. The van der Waals surface area contributed by atoms with E-state index in [1.54, 1.807) is 31.3 Å². The lowest BCUT2D eigenvalue weighted by Gasteiger charge is -2.57. The zero-order valence-corrected chi connectivity index (χ0v) is 38.3. The van der Waals surface area contributed by atoms with Crippen molar-refractivity contribution < 1.29 is 32.7 Å². The number of fused-ring (bicyclic) bond motifs is 1. The van der Waals surface area contributed by atoms with Gasteiger partial charge in [0.1, 0.15) is 22.0 Å². The number of pyridine rings is 2. The van der Waals surface area contributed by atoms with Gasteiger partial charge >= 0.3 is 5.69 Å². The van der Waals surface area contributed by atoms with Crippen molar-refractivity contribution in [2.45, 2.75) is 99.6 Å². The lowest BCUT2D eigenvalue weighted by atomic mass is 9.59. The number of hydrogen-bond acceptors (Lipinski definition) is 13. The number of amides is 1. The molecule has 17 nitrogen and oxygen atoms in total. The predicted molar refractivity (Wildman–Crippen MR) is 251 cm³/mol. The molecule has 3 aliphatic carbocycles. The van der Waals surface area contributed by atoms with Gasteiger partial charge in [-0.05, 0) is 124 Å². The predicted octanol–water partition coefficient (Wildman–Crippen LogP) is 8.38. The summed E-state index contributed by atoms with van der Waals surface area (Å²) >= 11 is 0. The van der Waals surface area contributed by atoms with E-state index >= 15 is 0 Å². The zero-order valence-electron chi connectivity index (χ0n) is 37.4. The van der Waals surface area contributed by atoms with Crippen LogP contribution in [0.25, 0.3) is 15.9 Å². The van der Waals surface area contributed by atoms with Gasteiger partial charge in [0, 0.05) is 61.6 Å². The molecule has 0 bridgehead atoms. The van der Waals surface area contributed by atoms with Gasteiger partial charge in [0.05, 0.1) is 41.5 Å². The van der Waals surface area contributed by atoms with Crippen LogP contribution in [0.15, 0.2) is 78.0 Å². The third-order valence-electron chi connectivity index (χ3n) is 14.9. The molecular weight excluding hydrogens is 875 g/mol. The molecule has 4 N–H and O–H groups in total. The van der Waals surface area contributed by atoms with Crippen LogP contribution in [0.4, 0.5) is 23.0 Å².